The minimum Gasteiger partial charge on any atom is -0.476 e. The minimum atomic E-state index is -1.03. The van der Waals surface area contributed by atoms with Crippen LogP contribution in [0.15, 0.2) is 10.6 Å². The van der Waals surface area contributed by atoms with Crippen molar-refractivity contribution in [2.45, 2.75) is 45.6 Å². The number of aromatic nitrogens is 1. The van der Waals surface area contributed by atoms with E-state index >= 15 is 0 Å². The van der Waals surface area contributed by atoms with E-state index in [1.165, 1.54) is 38.2 Å². The van der Waals surface area contributed by atoms with Gasteiger partial charge in [-0.25, -0.2) is 4.79 Å². The van der Waals surface area contributed by atoms with Crippen LogP contribution in [0.1, 0.15) is 55.3 Å². The third-order valence-electron chi connectivity index (χ3n) is 3.79. The summed E-state index contributed by atoms with van der Waals surface area (Å²) >= 11 is 0. The molecule has 1 aliphatic heterocycles. The first kappa shape index (κ1) is 14.1. The number of hydrogen-bond acceptors (Lipinski definition) is 4. The SMILES string of the molecule is CCCC1CCCN(Cc2cc(C(=O)O)no2)CC1. The largest absolute Gasteiger partial charge is 0.476 e. The van der Waals surface area contributed by atoms with Gasteiger partial charge < -0.3 is 9.63 Å². The molecule has 0 aliphatic carbocycles. The molecule has 0 bridgehead atoms. The summed E-state index contributed by atoms with van der Waals surface area (Å²) in [6.45, 7) is 5.03. The molecular weight excluding hydrogens is 244 g/mol. The van der Waals surface area contributed by atoms with Crippen LogP contribution in [0.5, 0.6) is 0 Å². The van der Waals surface area contributed by atoms with Gasteiger partial charge in [0.25, 0.3) is 0 Å². The summed E-state index contributed by atoms with van der Waals surface area (Å²) in [5.41, 5.74) is -0.00585. The lowest BCUT2D eigenvalue weighted by Gasteiger charge is -2.18. The summed E-state index contributed by atoms with van der Waals surface area (Å²) in [4.78, 5) is 13.1. The average Bonchev–Trinajstić information content (AvgIpc) is 2.73. The smallest absolute Gasteiger partial charge is 0.358 e. The van der Waals surface area contributed by atoms with Gasteiger partial charge in [-0.15, -0.1) is 0 Å². The Labute approximate surface area is 113 Å². The quantitative estimate of drug-likeness (QED) is 0.887. The van der Waals surface area contributed by atoms with Gasteiger partial charge in [0.2, 0.25) is 0 Å². The Bertz CT molecular complexity index is 417. The van der Waals surface area contributed by atoms with Gasteiger partial charge in [-0.1, -0.05) is 24.9 Å². The van der Waals surface area contributed by atoms with Crippen LogP contribution < -0.4 is 0 Å². The minimum absolute atomic E-state index is 0.00585. The predicted molar refractivity (Wildman–Crippen MR) is 71.0 cm³/mol. The van der Waals surface area contributed by atoms with E-state index in [1.807, 2.05) is 0 Å². The van der Waals surface area contributed by atoms with Crippen LogP contribution in [-0.2, 0) is 6.54 Å². The molecule has 1 atom stereocenters. The molecule has 1 fully saturated rings. The van der Waals surface area contributed by atoms with E-state index in [4.69, 9.17) is 9.63 Å². The van der Waals surface area contributed by atoms with Crippen LogP contribution in [0.25, 0.3) is 0 Å². The van der Waals surface area contributed by atoms with E-state index < -0.39 is 5.97 Å². The summed E-state index contributed by atoms with van der Waals surface area (Å²) in [6.07, 6.45) is 6.33. The first-order chi connectivity index (χ1) is 9.19. The Morgan fingerprint density at radius 2 is 2.37 bits per heavy atom. The fourth-order valence-corrected chi connectivity index (χ4v) is 2.79. The van der Waals surface area contributed by atoms with Gasteiger partial charge >= 0.3 is 5.97 Å². The Morgan fingerprint density at radius 3 is 3.05 bits per heavy atom. The topological polar surface area (TPSA) is 66.6 Å². The van der Waals surface area contributed by atoms with Crippen molar-refractivity contribution in [2.24, 2.45) is 5.92 Å². The molecule has 5 nitrogen and oxygen atoms in total. The van der Waals surface area contributed by atoms with Gasteiger partial charge in [0, 0.05) is 6.07 Å². The molecular formula is C14H22N2O3. The van der Waals surface area contributed by atoms with E-state index in [2.05, 4.69) is 17.0 Å². The highest BCUT2D eigenvalue weighted by Gasteiger charge is 2.18. The number of carboxylic acids is 1. The molecule has 0 spiro atoms. The molecule has 2 rings (SSSR count). The molecule has 19 heavy (non-hydrogen) atoms. The van der Waals surface area contributed by atoms with E-state index in [-0.39, 0.29) is 5.69 Å². The fourth-order valence-electron chi connectivity index (χ4n) is 2.79. The Kier molecular flexibility index (Phi) is 4.96. The molecule has 5 heteroatoms. The Hall–Kier alpha value is -1.36. The van der Waals surface area contributed by atoms with E-state index in [1.54, 1.807) is 0 Å². The molecule has 1 N–H and O–H groups in total. The van der Waals surface area contributed by atoms with Crippen LogP contribution in [-0.4, -0.2) is 34.2 Å². The van der Waals surface area contributed by atoms with Gasteiger partial charge in [-0.2, -0.15) is 0 Å². The van der Waals surface area contributed by atoms with Crippen LogP contribution in [0.4, 0.5) is 0 Å². The van der Waals surface area contributed by atoms with Crippen molar-refractivity contribution in [3.05, 3.63) is 17.5 Å². The van der Waals surface area contributed by atoms with Crippen LogP contribution >= 0.6 is 0 Å². The molecule has 1 aliphatic rings. The molecule has 0 aromatic carbocycles. The Morgan fingerprint density at radius 1 is 1.53 bits per heavy atom. The highest BCUT2D eigenvalue weighted by Crippen LogP contribution is 2.22. The normalized spacial score (nSPS) is 21.2. The summed E-state index contributed by atoms with van der Waals surface area (Å²) in [7, 11) is 0. The van der Waals surface area contributed by atoms with Crippen molar-refractivity contribution in [1.29, 1.82) is 0 Å². The maximum atomic E-state index is 10.7. The second-order valence-corrected chi connectivity index (χ2v) is 5.35. The molecule has 0 amide bonds. The van der Waals surface area contributed by atoms with Crippen molar-refractivity contribution in [1.82, 2.24) is 10.1 Å². The van der Waals surface area contributed by atoms with Crippen molar-refractivity contribution >= 4 is 5.97 Å². The zero-order valence-electron chi connectivity index (χ0n) is 11.5. The van der Waals surface area contributed by atoms with Crippen molar-refractivity contribution < 1.29 is 14.4 Å². The zero-order chi connectivity index (χ0) is 13.7. The van der Waals surface area contributed by atoms with Gasteiger partial charge in [-0.3, -0.25) is 4.90 Å². The van der Waals surface area contributed by atoms with E-state index in [9.17, 15) is 4.79 Å². The van der Waals surface area contributed by atoms with Gasteiger partial charge in [0.15, 0.2) is 11.5 Å². The van der Waals surface area contributed by atoms with Crippen LogP contribution in [0.2, 0.25) is 0 Å². The third-order valence-corrected chi connectivity index (χ3v) is 3.79. The number of hydrogen-bond donors (Lipinski definition) is 1. The summed E-state index contributed by atoms with van der Waals surface area (Å²) in [5, 5.41) is 12.4. The van der Waals surface area contributed by atoms with Crippen LogP contribution in [0.3, 0.4) is 0 Å². The third kappa shape index (κ3) is 4.06. The number of aromatic carboxylic acids is 1. The first-order valence-corrected chi connectivity index (χ1v) is 7.10. The Balaban J connectivity index is 1.86. The highest BCUT2D eigenvalue weighted by atomic mass is 16.5. The van der Waals surface area contributed by atoms with Gasteiger partial charge in [-0.05, 0) is 38.3 Å². The number of rotatable bonds is 5. The molecule has 106 valence electrons. The van der Waals surface area contributed by atoms with E-state index in [0.29, 0.717) is 12.3 Å². The highest BCUT2D eigenvalue weighted by molar-refractivity contribution is 5.85. The molecule has 0 saturated carbocycles. The first-order valence-electron chi connectivity index (χ1n) is 7.10. The van der Waals surface area contributed by atoms with E-state index in [0.717, 1.165) is 19.0 Å². The predicted octanol–water partition coefficient (Wildman–Crippen LogP) is 2.78. The van der Waals surface area contributed by atoms with Crippen LogP contribution in [0, 0.1) is 5.92 Å². The lowest BCUT2D eigenvalue weighted by Crippen LogP contribution is -2.24. The average molecular weight is 266 g/mol. The number of carboxylic acid groups (broad SMARTS) is 1. The summed E-state index contributed by atoms with van der Waals surface area (Å²) in [6, 6.07) is 1.52. The molecule has 1 aromatic heterocycles. The standard InChI is InChI=1S/C14H22N2O3/c1-2-4-11-5-3-7-16(8-6-11)10-12-9-13(14(17)18)15-19-12/h9,11H,2-8,10H2,1H3,(H,17,18). The maximum Gasteiger partial charge on any atom is 0.358 e. The molecule has 1 unspecified atom stereocenters. The summed E-state index contributed by atoms with van der Waals surface area (Å²) < 4.78 is 5.07. The van der Waals surface area contributed by atoms with Gasteiger partial charge in [0.05, 0.1) is 6.54 Å². The molecule has 2 heterocycles. The van der Waals surface area contributed by atoms with Gasteiger partial charge in [0.1, 0.15) is 0 Å². The number of nitrogens with zero attached hydrogens (tertiary/aromatic N) is 2. The molecule has 1 aromatic rings. The monoisotopic (exact) mass is 266 g/mol. The lowest BCUT2D eigenvalue weighted by molar-refractivity contribution is 0.0685. The second kappa shape index (κ2) is 6.70. The fraction of sp³-hybridized carbons (Fsp3) is 0.714. The van der Waals surface area contributed by atoms with Crippen molar-refractivity contribution in [3.63, 3.8) is 0 Å². The number of likely N-dealkylation sites (tertiary alicyclic amines) is 1. The molecule has 1 saturated heterocycles. The molecule has 0 radical (unpaired) electrons. The lowest BCUT2D eigenvalue weighted by atomic mass is 9.96. The second-order valence-electron chi connectivity index (χ2n) is 5.35. The van der Waals surface area contributed by atoms with Crippen molar-refractivity contribution in [2.75, 3.05) is 13.1 Å². The van der Waals surface area contributed by atoms with Crippen molar-refractivity contribution in [3.8, 4) is 0 Å². The summed E-state index contributed by atoms with van der Waals surface area (Å²) in [5.74, 6) is 0.458. The zero-order valence-corrected chi connectivity index (χ0v) is 11.5. The maximum absolute atomic E-state index is 10.7. The number of carbonyl (C=O) groups is 1.